The van der Waals surface area contributed by atoms with E-state index in [9.17, 15) is 9.59 Å². The van der Waals surface area contributed by atoms with Gasteiger partial charge in [-0.2, -0.15) is 0 Å². The van der Waals surface area contributed by atoms with E-state index in [0.29, 0.717) is 13.0 Å². The fourth-order valence-corrected chi connectivity index (χ4v) is 1.86. The van der Waals surface area contributed by atoms with Gasteiger partial charge in [-0.25, -0.2) is 4.79 Å². The molecule has 1 saturated heterocycles. The van der Waals surface area contributed by atoms with E-state index in [0.717, 1.165) is 12.0 Å². The number of urea groups is 1. The first kappa shape index (κ1) is 11.6. The maximum absolute atomic E-state index is 11.8. The van der Waals surface area contributed by atoms with E-state index < -0.39 is 0 Å². The van der Waals surface area contributed by atoms with Gasteiger partial charge in [-0.15, -0.1) is 0 Å². The summed E-state index contributed by atoms with van der Waals surface area (Å²) in [5.74, 6) is -0.0922. The van der Waals surface area contributed by atoms with Crippen LogP contribution in [0.15, 0.2) is 30.3 Å². The minimum Gasteiger partial charge on any atom is -0.331 e. The van der Waals surface area contributed by atoms with Gasteiger partial charge in [0, 0.05) is 13.0 Å². The van der Waals surface area contributed by atoms with Crippen molar-refractivity contribution >= 4 is 11.9 Å². The molecule has 0 saturated carbocycles. The SMILES string of the molecule is CC[C@@H](NC(=O)N1CCC1=O)c1ccccc1. The molecule has 0 bridgehead atoms. The van der Waals surface area contributed by atoms with E-state index in [4.69, 9.17) is 0 Å². The number of imide groups is 1. The van der Waals surface area contributed by atoms with Crippen molar-refractivity contribution in [3.8, 4) is 0 Å². The number of likely N-dealkylation sites (tertiary alicyclic amines) is 1. The number of carbonyl (C=O) groups is 2. The van der Waals surface area contributed by atoms with Gasteiger partial charge in [-0.1, -0.05) is 37.3 Å². The average Bonchev–Trinajstić information content (AvgIpc) is 2.35. The van der Waals surface area contributed by atoms with Crippen LogP contribution in [0.3, 0.4) is 0 Å². The van der Waals surface area contributed by atoms with Crippen molar-refractivity contribution in [3.05, 3.63) is 35.9 Å². The van der Waals surface area contributed by atoms with Gasteiger partial charge in [0.1, 0.15) is 0 Å². The second kappa shape index (κ2) is 4.99. The minimum atomic E-state index is -0.281. The highest BCUT2D eigenvalue weighted by Gasteiger charge is 2.30. The van der Waals surface area contributed by atoms with Crippen molar-refractivity contribution in [2.24, 2.45) is 0 Å². The van der Waals surface area contributed by atoms with Gasteiger partial charge in [0.05, 0.1) is 6.04 Å². The van der Waals surface area contributed by atoms with Gasteiger partial charge in [0.2, 0.25) is 5.91 Å². The maximum atomic E-state index is 11.8. The summed E-state index contributed by atoms with van der Waals surface area (Å²) in [6.45, 7) is 2.55. The van der Waals surface area contributed by atoms with E-state index in [1.165, 1.54) is 4.90 Å². The normalized spacial score (nSPS) is 16.3. The highest BCUT2D eigenvalue weighted by molar-refractivity contribution is 5.98. The molecule has 17 heavy (non-hydrogen) atoms. The first-order valence-electron chi connectivity index (χ1n) is 5.88. The van der Waals surface area contributed by atoms with Crippen LogP contribution in [0, 0.1) is 0 Å². The van der Waals surface area contributed by atoms with Crippen LogP contribution < -0.4 is 5.32 Å². The minimum absolute atomic E-state index is 0.0305. The zero-order valence-electron chi connectivity index (χ0n) is 9.85. The smallest absolute Gasteiger partial charge is 0.324 e. The molecule has 1 atom stereocenters. The lowest BCUT2D eigenvalue weighted by Crippen LogP contribution is -2.52. The molecule has 1 N–H and O–H groups in total. The van der Waals surface area contributed by atoms with Crippen LogP contribution >= 0.6 is 0 Å². The number of amides is 3. The molecule has 4 nitrogen and oxygen atoms in total. The number of nitrogens with zero attached hydrogens (tertiary/aromatic N) is 1. The molecule has 0 aromatic heterocycles. The molecule has 4 heteroatoms. The highest BCUT2D eigenvalue weighted by Crippen LogP contribution is 2.17. The molecule has 1 heterocycles. The Morgan fingerprint density at radius 3 is 2.59 bits per heavy atom. The van der Waals surface area contributed by atoms with E-state index in [1.807, 2.05) is 37.3 Å². The topological polar surface area (TPSA) is 49.4 Å². The van der Waals surface area contributed by atoms with E-state index in [1.54, 1.807) is 0 Å². The number of rotatable bonds is 3. The number of β-lactam (4-membered cyclic amide) rings is 1. The first-order chi connectivity index (χ1) is 8.22. The predicted molar refractivity (Wildman–Crippen MR) is 64.3 cm³/mol. The van der Waals surface area contributed by atoms with Crippen LogP contribution in [0.25, 0.3) is 0 Å². The van der Waals surface area contributed by atoms with Crippen LogP contribution in [0.5, 0.6) is 0 Å². The molecule has 1 fully saturated rings. The Kier molecular flexibility index (Phi) is 3.42. The highest BCUT2D eigenvalue weighted by atomic mass is 16.2. The fraction of sp³-hybridized carbons (Fsp3) is 0.385. The van der Waals surface area contributed by atoms with Crippen LogP contribution in [-0.4, -0.2) is 23.4 Å². The van der Waals surface area contributed by atoms with Gasteiger partial charge < -0.3 is 5.32 Å². The van der Waals surface area contributed by atoms with Crippen molar-refractivity contribution in [1.82, 2.24) is 10.2 Å². The quantitative estimate of drug-likeness (QED) is 0.811. The Morgan fingerprint density at radius 2 is 2.12 bits per heavy atom. The van der Waals surface area contributed by atoms with E-state index in [2.05, 4.69) is 5.32 Å². The van der Waals surface area contributed by atoms with Gasteiger partial charge >= 0.3 is 6.03 Å². The van der Waals surface area contributed by atoms with Crippen LogP contribution in [0.4, 0.5) is 4.79 Å². The van der Waals surface area contributed by atoms with Crippen LogP contribution in [-0.2, 0) is 4.79 Å². The van der Waals surface area contributed by atoms with Crippen molar-refractivity contribution in [2.75, 3.05) is 6.54 Å². The molecule has 1 aliphatic rings. The zero-order chi connectivity index (χ0) is 12.3. The summed E-state index contributed by atoms with van der Waals surface area (Å²) < 4.78 is 0. The molecule has 1 aliphatic heterocycles. The Labute approximate surface area is 101 Å². The van der Waals surface area contributed by atoms with Gasteiger partial charge in [-0.05, 0) is 12.0 Å². The van der Waals surface area contributed by atoms with Crippen molar-refractivity contribution in [3.63, 3.8) is 0 Å². The maximum Gasteiger partial charge on any atom is 0.324 e. The molecule has 0 aliphatic carbocycles. The number of hydrogen-bond donors (Lipinski definition) is 1. The summed E-state index contributed by atoms with van der Waals surface area (Å²) in [5.41, 5.74) is 1.07. The third-order valence-corrected chi connectivity index (χ3v) is 3.00. The molecule has 3 amide bonds. The van der Waals surface area contributed by atoms with Crippen molar-refractivity contribution < 1.29 is 9.59 Å². The second-order valence-corrected chi connectivity index (χ2v) is 4.12. The summed E-state index contributed by atoms with van der Waals surface area (Å²) in [7, 11) is 0. The molecule has 90 valence electrons. The van der Waals surface area contributed by atoms with E-state index in [-0.39, 0.29) is 18.0 Å². The number of nitrogens with one attached hydrogen (secondary N) is 1. The molecule has 2 rings (SSSR count). The summed E-state index contributed by atoms with van der Waals surface area (Å²) >= 11 is 0. The lowest BCUT2D eigenvalue weighted by Gasteiger charge is -2.30. The van der Waals surface area contributed by atoms with Gasteiger partial charge in [0.15, 0.2) is 0 Å². The summed E-state index contributed by atoms with van der Waals surface area (Å²) in [4.78, 5) is 24.2. The Bertz CT molecular complexity index is 417. The Hall–Kier alpha value is -1.84. The van der Waals surface area contributed by atoms with Crippen molar-refractivity contribution in [1.29, 1.82) is 0 Å². The third-order valence-electron chi connectivity index (χ3n) is 3.00. The number of carbonyl (C=O) groups excluding carboxylic acids is 2. The Balaban J connectivity index is 2.00. The molecule has 0 radical (unpaired) electrons. The van der Waals surface area contributed by atoms with Gasteiger partial charge in [0.25, 0.3) is 0 Å². The van der Waals surface area contributed by atoms with Crippen LogP contribution in [0.1, 0.15) is 31.4 Å². The number of benzene rings is 1. The molecular weight excluding hydrogens is 216 g/mol. The van der Waals surface area contributed by atoms with Crippen LogP contribution in [0.2, 0.25) is 0 Å². The summed E-state index contributed by atoms with van der Waals surface area (Å²) in [6.07, 6.45) is 1.29. The Morgan fingerprint density at radius 1 is 1.41 bits per heavy atom. The largest absolute Gasteiger partial charge is 0.331 e. The lowest BCUT2D eigenvalue weighted by molar-refractivity contribution is -0.135. The lowest BCUT2D eigenvalue weighted by atomic mass is 10.0. The zero-order valence-corrected chi connectivity index (χ0v) is 9.85. The molecule has 1 aromatic carbocycles. The summed E-state index contributed by atoms with van der Waals surface area (Å²) in [6, 6.07) is 9.47. The van der Waals surface area contributed by atoms with Crippen molar-refractivity contribution in [2.45, 2.75) is 25.8 Å². The molecule has 0 unspecified atom stereocenters. The third kappa shape index (κ3) is 2.46. The molecule has 0 spiro atoms. The molecular formula is C13H16N2O2. The van der Waals surface area contributed by atoms with E-state index >= 15 is 0 Å². The predicted octanol–water partition coefficient (Wildman–Crippen LogP) is 2.08. The molecule has 1 aromatic rings. The second-order valence-electron chi connectivity index (χ2n) is 4.12. The standard InChI is InChI=1S/C13H16N2O2/c1-2-11(10-6-4-3-5-7-10)14-13(17)15-9-8-12(15)16/h3-7,11H,2,8-9H2,1H3,(H,14,17)/t11-/m1/s1. The monoisotopic (exact) mass is 232 g/mol. The van der Waals surface area contributed by atoms with Gasteiger partial charge in [-0.3, -0.25) is 9.69 Å². The average molecular weight is 232 g/mol. The fourth-order valence-electron chi connectivity index (χ4n) is 1.86. The first-order valence-corrected chi connectivity index (χ1v) is 5.88. The number of hydrogen-bond acceptors (Lipinski definition) is 2. The summed E-state index contributed by atoms with van der Waals surface area (Å²) in [5, 5.41) is 2.88.